The van der Waals surface area contributed by atoms with Crippen molar-refractivity contribution in [2.75, 3.05) is 0 Å². The van der Waals surface area contributed by atoms with E-state index in [1.807, 2.05) is 91.0 Å². The molecule has 0 unspecified atom stereocenters. The Kier molecular flexibility index (Phi) is 8.17. The van der Waals surface area contributed by atoms with Gasteiger partial charge in [0, 0.05) is 80.5 Å². The number of nitrogens with zero attached hydrogens (tertiary/aromatic N) is 4. The van der Waals surface area contributed by atoms with E-state index >= 15 is 0 Å². The molecule has 350 valence electrons. The van der Waals surface area contributed by atoms with E-state index in [2.05, 4.69) is 130 Å². The summed E-state index contributed by atoms with van der Waals surface area (Å²) in [6, 6.07) is 73.6. The summed E-state index contributed by atoms with van der Waals surface area (Å²) in [7, 11) is 0. The van der Waals surface area contributed by atoms with Gasteiger partial charge < -0.3 is 22.4 Å². The maximum absolute atomic E-state index is 12.5. The Labute approximate surface area is 434 Å². The van der Waals surface area contributed by atoms with E-state index in [-0.39, 0.29) is 0 Å². The Bertz CT molecular complexity index is 5170. The Hall–Kier alpha value is -10.4. The summed E-state index contributed by atoms with van der Waals surface area (Å²) in [4.78, 5) is 4.72. The van der Waals surface area contributed by atoms with Gasteiger partial charge in [0.15, 0.2) is 16.7 Å². The number of nitriles is 1. The summed E-state index contributed by atoms with van der Waals surface area (Å²) in [5.41, 5.74) is 12.3. The van der Waals surface area contributed by atoms with E-state index in [0.29, 0.717) is 50.5 Å². The molecule has 0 amide bonds. The maximum atomic E-state index is 12.5. The third kappa shape index (κ3) is 5.27. The van der Waals surface area contributed by atoms with Crippen molar-refractivity contribution in [3.8, 4) is 39.7 Å². The molecule has 0 bridgehead atoms. The molecule has 7 nitrogen and oxygen atoms in total. The number of aromatic nitrogens is 2. The predicted molar refractivity (Wildman–Crippen MR) is 312 cm³/mol. The molecule has 0 atom stereocenters. The number of furan rings is 3. The molecule has 6 heterocycles. The molecule has 17 aromatic rings. The largest absolute Gasteiger partial charge is 0.454 e. The topological polar surface area (TPSA) is 77.4 Å². The summed E-state index contributed by atoms with van der Waals surface area (Å²) >= 11 is 1.73. The number of para-hydroxylation sites is 3. The molecule has 0 fully saturated rings. The molecule has 11 aromatic carbocycles. The first-order chi connectivity index (χ1) is 37.7. The van der Waals surface area contributed by atoms with Crippen LogP contribution in [-0.4, -0.2) is 9.13 Å². The second-order valence-electron chi connectivity index (χ2n) is 19.5. The summed E-state index contributed by atoms with van der Waals surface area (Å²) in [5.74, 6) is 0. The Morgan fingerprint density at radius 3 is 1.26 bits per heavy atom. The van der Waals surface area contributed by atoms with Crippen LogP contribution < -0.4 is 0 Å². The Balaban J connectivity index is 1.17. The second-order valence-corrected chi connectivity index (χ2v) is 20.6. The van der Waals surface area contributed by atoms with Gasteiger partial charge in [0.05, 0.1) is 50.3 Å². The SMILES string of the molecule is [C-]#[N+]c1c(-c2ccccc2)c(-n2c3c(ccc4c5ccccc5oc43)c3ccc4c5ccccc5oc4c32)c(-c2ccccc2)c(C#N)c1-n1c2c(ccc3c4ccccc4oc32)c2ccc3c4ccccc4sc3c21. The molecule has 6 aromatic heterocycles. The van der Waals surface area contributed by atoms with Crippen LogP contribution in [0, 0.1) is 17.9 Å². The Morgan fingerprint density at radius 1 is 0.382 bits per heavy atom. The van der Waals surface area contributed by atoms with E-state index in [9.17, 15) is 11.8 Å². The van der Waals surface area contributed by atoms with Gasteiger partial charge in [-0.15, -0.1) is 11.3 Å². The van der Waals surface area contributed by atoms with Crippen molar-refractivity contribution in [2.24, 2.45) is 0 Å². The number of thiophene rings is 1. The van der Waals surface area contributed by atoms with Crippen LogP contribution in [0.4, 0.5) is 5.69 Å². The van der Waals surface area contributed by atoms with Crippen LogP contribution in [0.2, 0.25) is 0 Å². The van der Waals surface area contributed by atoms with Crippen LogP contribution in [-0.2, 0) is 0 Å². The number of rotatable bonds is 4. The van der Waals surface area contributed by atoms with E-state index in [1.54, 1.807) is 11.3 Å². The summed E-state index contributed by atoms with van der Waals surface area (Å²) in [6.07, 6.45) is 0. The van der Waals surface area contributed by atoms with Gasteiger partial charge in [-0.05, 0) is 53.6 Å². The maximum Gasteiger partial charge on any atom is 0.221 e. The monoisotopic (exact) mass is 986 g/mol. The highest BCUT2D eigenvalue weighted by Gasteiger charge is 2.34. The molecule has 0 radical (unpaired) electrons. The van der Waals surface area contributed by atoms with Gasteiger partial charge in [0.25, 0.3) is 0 Å². The zero-order valence-electron chi connectivity index (χ0n) is 40.1. The number of fused-ring (bicyclic) bond motifs is 22. The number of hydrogen-bond acceptors (Lipinski definition) is 5. The highest BCUT2D eigenvalue weighted by atomic mass is 32.1. The van der Waals surface area contributed by atoms with E-state index in [4.69, 9.17) is 18.1 Å². The summed E-state index contributed by atoms with van der Waals surface area (Å²) < 4.78 is 27.8. The number of hydrogen-bond donors (Lipinski definition) is 0. The highest BCUT2D eigenvalue weighted by molar-refractivity contribution is 7.26. The van der Waals surface area contributed by atoms with Crippen LogP contribution in [0.15, 0.2) is 220 Å². The van der Waals surface area contributed by atoms with Crippen molar-refractivity contribution in [2.45, 2.75) is 0 Å². The molecule has 0 saturated heterocycles. The second kappa shape index (κ2) is 15.1. The Morgan fingerprint density at radius 2 is 0.776 bits per heavy atom. The van der Waals surface area contributed by atoms with Gasteiger partial charge in [0.2, 0.25) is 5.69 Å². The fourth-order valence-corrected chi connectivity index (χ4v) is 13.9. The molecule has 0 aliphatic carbocycles. The first-order valence-corrected chi connectivity index (χ1v) is 26.0. The molecule has 0 N–H and O–H groups in total. The van der Waals surface area contributed by atoms with Gasteiger partial charge in [-0.3, -0.25) is 0 Å². The molecule has 17 rings (SSSR count). The molecule has 8 heteroatoms. The van der Waals surface area contributed by atoms with E-state index in [1.165, 1.54) is 0 Å². The lowest BCUT2D eigenvalue weighted by molar-refractivity contribution is 0.669. The van der Waals surface area contributed by atoms with Gasteiger partial charge in [-0.1, -0.05) is 164 Å². The standard InChI is InChI=1S/C68H34N4O3S/c1-70-58-57(38-18-6-3-7-19-38)64(72-61-43(28-32-48-40-21-9-13-25-53(40)74-66(48)61)44-29-33-49-41-22-10-14-26-54(41)75-67(49)62(44)72)56(37-16-4-2-5-17-37)51(36-69)59(58)71-60-45(30-34-47-39-20-8-12-24-52(39)73-65(47)60)46-31-35-50-42-23-11-15-27-55(42)76-68(50)63(46)71/h2-35H. The fraction of sp³-hybridized carbons (Fsp3) is 0. The van der Waals surface area contributed by atoms with Crippen LogP contribution >= 0.6 is 11.3 Å². The third-order valence-electron chi connectivity index (χ3n) is 15.8. The molecule has 0 aliphatic heterocycles. The first kappa shape index (κ1) is 41.1. The minimum absolute atomic E-state index is 0.311. The summed E-state index contributed by atoms with van der Waals surface area (Å²) in [6.45, 7) is 9.73. The highest BCUT2D eigenvalue weighted by Crippen LogP contribution is 2.55. The van der Waals surface area contributed by atoms with Crippen LogP contribution in [0.5, 0.6) is 0 Å². The average molecular weight is 987 g/mol. The smallest absolute Gasteiger partial charge is 0.221 e. The molecule has 76 heavy (non-hydrogen) atoms. The van der Waals surface area contributed by atoms with Crippen LogP contribution in [0.1, 0.15) is 5.56 Å². The molecular weight excluding hydrogens is 953 g/mol. The lowest BCUT2D eigenvalue weighted by Gasteiger charge is -2.25. The summed E-state index contributed by atoms with van der Waals surface area (Å²) in [5, 5.41) is 24.4. The van der Waals surface area contributed by atoms with E-state index < -0.39 is 0 Å². The van der Waals surface area contributed by atoms with Crippen molar-refractivity contribution < 1.29 is 13.3 Å². The molecular formula is C68H34N4O3S. The first-order valence-electron chi connectivity index (χ1n) is 25.2. The zero-order valence-corrected chi connectivity index (χ0v) is 40.9. The van der Waals surface area contributed by atoms with Crippen molar-refractivity contribution in [1.29, 1.82) is 5.26 Å². The van der Waals surface area contributed by atoms with Crippen molar-refractivity contribution in [3.05, 3.63) is 223 Å². The van der Waals surface area contributed by atoms with Gasteiger partial charge in [-0.25, -0.2) is 4.85 Å². The minimum atomic E-state index is 0.311. The van der Waals surface area contributed by atoms with E-state index in [0.717, 1.165) is 124 Å². The third-order valence-corrected chi connectivity index (χ3v) is 17.0. The van der Waals surface area contributed by atoms with Crippen LogP contribution in [0.25, 0.3) is 168 Å². The molecule has 0 saturated carbocycles. The van der Waals surface area contributed by atoms with Crippen LogP contribution in [0.3, 0.4) is 0 Å². The normalized spacial score (nSPS) is 12.2. The van der Waals surface area contributed by atoms with Gasteiger partial charge in [0.1, 0.15) is 22.8 Å². The van der Waals surface area contributed by atoms with Gasteiger partial charge in [-0.2, -0.15) is 5.26 Å². The zero-order chi connectivity index (χ0) is 49.9. The van der Waals surface area contributed by atoms with Crippen molar-refractivity contribution >= 4 is 147 Å². The molecule has 0 aliphatic rings. The van der Waals surface area contributed by atoms with Crippen molar-refractivity contribution in [3.63, 3.8) is 0 Å². The predicted octanol–water partition coefficient (Wildman–Crippen LogP) is 19.7. The number of benzene rings is 11. The molecule has 0 spiro atoms. The fourth-order valence-electron chi connectivity index (χ4n) is 12.7. The minimum Gasteiger partial charge on any atom is -0.454 e. The quantitative estimate of drug-likeness (QED) is 0.165. The lowest BCUT2D eigenvalue weighted by Crippen LogP contribution is -2.08. The average Bonchev–Trinajstić information content (AvgIpc) is 4.40. The van der Waals surface area contributed by atoms with Gasteiger partial charge >= 0.3 is 0 Å². The lowest BCUT2D eigenvalue weighted by atomic mass is 9.88. The van der Waals surface area contributed by atoms with Crippen molar-refractivity contribution in [1.82, 2.24) is 9.13 Å².